The number of carbonyl (C=O) groups excluding carboxylic acids is 2. The van der Waals surface area contributed by atoms with Crippen LogP contribution in [0.2, 0.25) is 0 Å². The summed E-state index contributed by atoms with van der Waals surface area (Å²) >= 11 is 0. The van der Waals surface area contributed by atoms with Gasteiger partial charge in [0, 0.05) is 11.1 Å². The van der Waals surface area contributed by atoms with E-state index in [0.29, 0.717) is 12.6 Å². The van der Waals surface area contributed by atoms with Crippen LogP contribution in [-0.2, 0) is 27.4 Å². The molecule has 22 heteroatoms. The molecule has 0 bridgehead atoms. The van der Waals surface area contributed by atoms with Crippen LogP contribution in [0.3, 0.4) is 0 Å². The number of methoxy groups -OCH3 is 2. The zero-order chi connectivity index (χ0) is 27.3. The van der Waals surface area contributed by atoms with Crippen molar-refractivity contribution in [3.8, 4) is 23.0 Å². The summed E-state index contributed by atoms with van der Waals surface area (Å²) < 4.78 is 9.43. The van der Waals surface area contributed by atoms with Crippen molar-refractivity contribution in [1.82, 2.24) is 0 Å². The Morgan fingerprint density at radius 1 is 0.632 bits per heavy atom. The maximum Gasteiger partial charge on any atom is 3.00 e. The molecule has 0 unspecified atom stereocenters. The van der Waals surface area contributed by atoms with Gasteiger partial charge in [-0.15, -0.1) is 0 Å². The van der Waals surface area contributed by atoms with Crippen LogP contribution < -0.4 is 19.7 Å². The first-order chi connectivity index (χ1) is 15.8. The molecule has 0 atom stereocenters. The summed E-state index contributed by atoms with van der Waals surface area (Å²) in [6.45, 7) is 0. The third kappa shape index (κ3) is 30.3. The van der Waals surface area contributed by atoms with E-state index in [-0.39, 0.29) is 102 Å². The van der Waals surface area contributed by atoms with Gasteiger partial charge in [0.15, 0.2) is 0 Å². The number of hydrogen-bond acceptors (Lipinski definition) is 15. The Balaban J connectivity index is -0.0000000669. The first kappa shape index (κ1) is 51.0. The second-order valence-corrected chi connectivity index (χ2v) is 4.66. The molecular formula is C16H20GdN3NiO17+2. The van der Waals surface area contributed by atoms with Gasteiger partial charge in [-0.25, -0.2) is 0 Å². The minimum absolute atomic E-state index is 0. The van der Waals surface area contributed by atoms with Gasteiger partial charge in [-0.05, 0) is 12.1 Å². The molecule has 1 radical (unpaired) electrons. The quantitative estimate of drug-likeness (QED) is 0.114. The molecule has 0 amide bonds. The fraction of sp³-hybridized carbons (Fsp3) is 0.125. The van der Waals surface area contributed by atoms with Crippen molar-refractivity contribution < 1.29 is 112 Å². The van der Waals surface area contributed by atoms with E-state index in [1.807, 2.05) is 0 Å². The van der Waals surface area contributed by atoms with Gasteiger partial charge >= 0.3 is 56.4 Å². The topological polar surface area (TPSA) is 363 Å². The molecule has 0 aromatic heterocycles. The smallest absolute Gasteiger partial charge is 0.869 e. The zero-order valence-electron chi connectivity index (χ0n) is 18.9. The molecule has 217 valence electrons. The molecule has 38 heavy (non-hydrogen) atoms. The molecule has 2 rings (SSSR count). The van der Waals surface area contributed by atoms with E-state index in [1.165, 1.54) is 38.5 Å². The van der Waals surface area contributed by atoms with Gasteiger partial charge in [0.2, 0.25) is 0 Å². The predicted molar refractivity (Wildman–Crippen MR) is 116 cm³/mol. The van der Waals surface area contributed by atoms with Gasteiger partial charge in [-0.3, -0.25) is 9.59 Å². The average molecular weight is 742 g/mol. The summed E-state index contributed by atoms with van der Waals surface area (Å²) in [7, 11) is 2.79. The molecule has 0 aliphatic heterocycles. The molecular weight excluding hydrogens is 722 g/mol. The zero-order valence-corrected chi connectivity index (χ0v) is 22.2. The minimum Gasteiger partial charge on any atom is -0.869 e. The van der Waals surface area contributed by atoms with E-state index in [4.69, 9.17) is 55.4 Å². The van der Waals surface area contributed by atoms with Crippen LogP contribution in [0.1, 0.15) is 20.7 Å². The monoisotopic (exact) mass is 742 g/mol. The SMILES string of the molecule is COc1cccc(C=O)c1[O-].COc1cccc(C=O)c1[O-].O=[N+]([O-])[O-].O=[N+]([O-])[O-].O=[N+]([O-])[O-].[Gd+3].[Ni+2].[OH3+].[OH3+]. The molecule has 6 N–H and O–H groups in total. The summed E-state index contributed by atoms with van der Waals surface area (Å²) in [6, 6.07) is 9.16. The third-order valence-electron chi connectivity index (χ3n) is 2.71. The summed E-state index contributed by atoms with van der Waals surface area (Å²) in [5.41, 5.74) is 0.258. The molecule has 0 saturated carbocycles. The van der Waals surface area contributed by atoms with E-state index in [9.17, 15) is 19.8 Å². The van der Waals surface area contributed by atoms with Crippen molar-refractivity contribution in [2.75, 3.05) is 14.2 Å². The predicted octanol–water partition coefficient (Wildman–Crippen LogP) is -1.40. The van der Waals surface area contributed by atoms with E-state index >= 15 is 0 Å². The summed E-state index contributed by atoms with van der Waals surface area (Å²) in [6.07, 6.45) is 1.04. The second kappa shape index (κ2) is 31.3. The molecule has 0 spiro atoms. The Kier molecular flexibility index (Phi) is 42.1. The first-order valence-corrected chi connectivity index (χ1v) is 7.81. The van der Waals surface area contributed by atoms with Crippen molar-refractivity contribution >= 4 is 12.6 Å². The fourth-order valence-electron chi connectivity index (χ4n) is 1.57. The summed E-state index contributed by atoms with van der Waals surface area (Å²) in [5, 5.41) is 66.4. The van der Waals surface area contributed by atoms with Crippen LogP contribution in [0.15, 0.2) is 36.4 Å². The van der Waals surface area contributed by atoms with E-state index in [0.717, 1.165) is 0 Å². The van der Waals surface area contributed by atoms with Gasteiger partial charge in [-0.1, -0.05) is 35.8 Å². The number of para-hydroxylation sites is 2. The van der Waals surface area contributed by atoms with Crippen molar-refractivity contribution in [3.05, 3.63) is 93.5 Å². The van der Waals surface area contributed by atoms with E-state index < -0.39 is 15.3 Å². The fourth-order valence-corrected chi connectivity index (χ4v) is 1.57. The van der Waals surface area contributed by atoms with Crippen LogP contribution in [-0.4, -0.2) is 42.1 Å². The molecule has 20 nitrogen and oxygen atoms in total. The molecule has 0 heterocycles. The van der Waals surface area contributed by atoms with E-state index in [2.05, 4.69) is 0 Å². The number of nitrogens with zero attached hydrogens (tertiary/aromatic N) is 3. The van der Waals surface area contributed by atoms with Gasteiger partial charge in [0.1, 0.15) is 24.1 Å². The Hall–Kier alpha value is -3.68. The van der Waals surface area contributed by atoms with Gasteiger partial charge < -0.3 is 76.6 Å². The minimum atomic E-state index is -1.75. The number of ether oxygens (including phenoxy) is 2. The maximum absolute atomic E-state index is 11.1. The largest absolute Gasteiger partial charge is 3.00 e. The summed E-state index contributed by atoms with van der Waals surface area (Å²) in [5.74, 6) is -0.306. The Morgan fingerprint density at radius 2 is 0.842 bits per heavy atom. The van der Waals surface area contributed by atoms with Crippen LogP contribution in [0, 0.1) is 85.9 Å². The Bertz CT molecular complexity index is 853. The first-order valence-electron chi connectivity index (χ1n) is 7.81. The number of rotatable bonds is 4. The number of benzene rings is 2. The van der Waals surface area contributed by atoms with Crippen molar-refractivity contribution in [2.24, 2.45) is 0 Å². The normalized spacial score (nSPS) is 7.21. The molecule has 0 aliphatic carbocycles. The average Bonchev–Trinajstić information content (AvgIpc) is 2.73. The van der Waals surface area contributed by atoms with Gasteiger partial charge in [0.25, 0.3) is 0 Å². The van der Waals surface area contributed by atoms with Crippen LogP contribution in [0.5, 0.6) is 23.0 Å². The van der Waals surface area contributed by atoms with Crippen molar-refractivity contribution in [2.45, 2.75) is 0 Å². The van der Waals surface area contributed by atoms with Gasteiger partial charge in [0.05, 0.1) is 29.5 Å². The number of aldehydes is 2. The maximum atomic E-state index is 11.1. The number of carbonyl (C=O) groups is 2. The molecule has 0 aliphatic rings. The van der Waals surface area contributed by atoms with Gasteiger partial charge in [-0.2, -0.15) is 0 Å². The van der Waals surface area contributed by atoms with Crippen LogP contribution >= 0.6 is 0 Å². The van der Waals surface area contributed by atoms with E-state index in [1.54, 1.807) is 12.1 Å². The Labute approximate surface area is 254 Å². The van der Waals surface area contributed by atoms with Crippen LogP contribution in [0.25, 0.3) is 0 Å². The standard InChI is InChI=1S/2C8H8O3.Gd.3NO3.Ni.2H2O/c2*1-11-7-4-2-3-6(5-9)8(7)10;;3*2-1(3)4;;;/h2*2-5,10H,1H3;;;;;;2*1H2/q;;+3;3*-1;+2;;. The molecule has 2 aromatic carbocycles. The second-order valence-electron chi connectivity index (χ2n) is 4.66. The number of hydrogen-bond donors (Lipinski definition) is 0. The molecule has 0 saturated heterocycles. The third-order valence-corrected chi connectivity index (χ3v) is 2.71. The van der Waals surface area contributed by atoms with Crippen LogP contribution in [0.4, 0.5) is 0 Å². The van der Waals surface area contributed by atoms with Crippen molar-refractivity contribution in [3.63, 3.8) is 0 Å². The molecule has 0 fully saturated rings. The summed E-state index contributed by atoms with van der Waals surface area (Å²) in [4.78, 5) is 45.2. The van der Waals surface area contributed by atoms with Crippen molar-refractivity contribution in [1.29, 1.82) is 0 Å². The Morgan fingerprint density at radius 3 is 1.00 bits per heavy atom. The molecule has 2 aromatic rings.